The SMILES string of the molecule is CCNC(=NCc1ccc(O)cc1)NC1CCc2nc(C(C)C)nn2C1. The van der Waals surface area contributed by atoms with Gasteiger partial charge in [0.25, 0.3) is 0 Å². The molecule has 7 heteroatoms. The van der Waals surface area contributed by atoms with E-state index in [1.165, 1.54) is 0 Å². The number of aromatic hydroxyl groups is 1. The molecule has 0 fully saturated rings. The highest BCUT2D eigenvalue weighted by Crippen LogP contribution is 2.17. The molecule has 0 bridgehead atoms. The third-order valence-corrected chi connectivity index (χ3v) is 4.43. The zero-order valence-electron chi connectivity index (χ0n) is 15.7. The lowest BCUT2D eigenvalue weighted by atomic mass is 10.1. The molecule has 1 aromatic heterocycles. The van der Waals surface area contributed by atoms with Crippen molar-refractivity contribution in [2.75, 3.05) is 6.54 Å². The van der Waals surface area contributed by atoms with Crippen LogP contribution >= 0.6 is 0 Å². The van der Waals surface area contributed by atoms with Gasteiger partial charge in [0.1, 0.15) is 11.6 Å². The highest BCUT2D eigenvalue weighted by molar-refractivity contribution is 5.80. The van der Waals surface area contributed by atoms with Crippen LogP contribution < -0.4 is 10.6 Å². The molecule has 0 saturated heterocycles. The number of rotatable bonds is 5. The maximum absolute atomic E-state index is 9.38. The van der Waals surface area contributed by atoms with Crippen LogP contribution in [0.2, 0.25) is 0 Å². The molecule has 1 aromatic carbocycles. The normalized spacial score (nSPS) is 17.2. The highest BCUT2D eigenvalue weighted by atomic mass is 16.3. The van der Waals surface area contributed by atoms with Crippen LogP contribution in [-0.2, 0) is 19.5 Å². The lowest BCUT2D eigenvalue weighted by Crippen LogP contribution is -2.47. The Kier molecular flexibility index (Phi) is 5.75. The molecule has 0 amide bonds. The molecule has 3 rings (SSSR count). The Morgan fingerprint density at radius 3 is 2.81 bits per heavy atom. The Morgan fingerprint density at radius 2 is 2.12 bits per heavy atom. The van der Waals surface area contributed by atoms with Gasteiger partial charge in [-0.25, -0.2) is 14.7 Å². The number of hydrogen-bond acceptors (Lipinski definition) is 4. The van der Waals surface area contributed by atoms with Crippen LogP contribution in [-0.4, -0.2) is 38.4 Å². The Bertz CT molecular complexity index is 750. The number of phenols is 1. The minimum Gasteiger partial charge on any atom is -0.508 e. The van der Waals surface area contributed by atoms with E-state index in [1.54, 1.807) is 12.1 Å². The molecule has 3 N–H and O–H groups in total. The lowest BCUT2D eigenvalue weighted by molar-refractivity contribution is 0.391. The molecule has 0 radical (unpaired) electrons. The number of guanidine groups is 1. The molecule has 1 aliphatic rings. The second-order valence-electron chi connectivity index (χ2n) is 6.96. The van der Waals surface area contributed by atoms with Crippen LogP contribution in [0.4, 0.5) is 0 Å². The number of aliphatic imine (C=N–C) groups is 1. The number of benzene rings is 1. The van der Waals surface area contributed by atoms with Gasteiger partial charge < -0.3 is 15.7 Å². The fraction of sp³-hybridized carbons (Fsp3) is 0.526. The van der Waals surface area contributed by atoms with Crippen molar-refractivity contribution in [3.05, 3.63) is 41.5 Å². The molecule has 140 valence electrons. The maximum Gasteiger partial charge on any atom is 0.191 e. The van der Waals surface area contributed by atoms with Crippen LogP contribution in [0.25, 0.3) is 0 Å². The fourth-order valence-electron chi connectivity index (χ4n) is 2.98. The summed E-state index contributed by atoms with van der Waals surface area (Å²) in [6, 6.07) is 7.42. The minimum atomic E-state index is 0.273. The minimum absolute atomic E-state index is 0.273. The number of nitrogens with one attached hydrogen (secondary N) is 2. The number of fused-ring (bicyclic) bond motifs is 1. The predicted molar refractivity (Wildman–Crippen MR) is 102 cm³/mol. The summed E-state index contributed by atoms with van der Waals surface area (Å²) in [6.07, 6.45) is 1.94. The highest BCUT2D eigenvalue weighted by Gasteiger charge is 2.23. The van der Waals surface area contributed by atoms with Crippen molar-refractivity contribution in [1.82, 2.24) is 25.4 Å². The zero-order chi connectivity index (χ0) is 18.5. The van der Waals surface area contributed by atoms with Crippen LogP contribution in [0.15, 0.2) is 29.3 Å². The summed E-state index contributed by atoms with van der Waals surface area (Å²) >= 11 is 0. The van der Waals surface area contributed by atoms with Crippen molar-refractivity contribution in [3.63, 3.8) is 0 Å². The quantitative estimate of drug-likeness (QED) is 0.565. The van der Waals surface area contributed by atoms with Crippen LogP contribution in [0.3, 0.4) is 0 Å². The summed E-state index contributed by atoms with van der Waals surface area (Å²) in [6.45, 7) is 8.48. The van der Waals surface area contributed by atoms with E-state index in [9.17, 15) is 5.11 Å². The van der Waals surface area contributed by atoms with Crippen molar-refractivity contribution in [2.45, 2.75) is 58.7 Å². The van der Waals surface area contributed by atoms with Gasteiger partial charge in [-0.3, -0.25) is 0 Å². The van der Waals surface area contributed by atoms with Crippen LogP contribution in [0.1, 0.15) is 50.3 Å². The Morgan fingerprint density at radius 1 is 1.35 bits per heavy atom. The lowest BCUT2D eigenvalue weighted by Gasteiger charge is -2.25. The standard InChI is InChI=1S/C19H28N6O/c1-4-20-19(21-11-14-5-8-16(26)9-6-14)22-15-7-10-17-23-18(13(2)3)24-25(17)12-15/h5-6,8-9,13,15,26H,4,7,10-12H2,1-3H3,(H2,20,21,22). The molecule has 2 aromatic rings. The summed E-state index contributed by atoms with van der Waals surface area (Å²) < 4.78 is 2.03. The third-order valence-electron chi connectivity index (χ3n) is 4.43. The first-order valence-electron chi connectivity index (χ1n) is 9.31. The maximum atomic E-state index is 9.38. The van der Waals surface area contributed by atoms with Gasteiger partial charge in [0.15, 0.2) is 11.8 Å². The number of aromatic nitrogens is 3. The smallest absolute Gasteiger partial charge is 0.191 e. The van der Waals surface area contributed by atoms with Gasteiger partial charge in [0, 0.05) is 24.9 Å². The molecule has 0 saturated carbocycles. The van der Waals surface area contributed by atoms with E-state index in [4.69, 9.17) is 0 Å². The molecule has 1 atom stereocenters. The molecule has 1 unspecified atom stereocenters. The molecular weight excluding hydrogens is 328 g/mol. The zero-order valence-corrected chi connectivity index (χ0v) is 15.7. The van der Waals surface area contributed by atoms with Gasteiger partial charge in [0.2, 0.25) is 0 Å². The van der Waals surface area contributed by atoms with Gasteiger partial charge in [-0.15, -0.1) is 0 Å². The molecule has 7 nitrogen and oxygen atoms in total. The topological polar surface area (TPSA) is 87.4 Å². The fourth-order valence-corrected chi connectivity index (χ4v) is 2.98. The van der Waals surface area contributed by atoms with E-state index in [1.807, 2.05) is 16.8 Å². The Balaban J connectivity index is 1.64. The van der Waals surface area contributed by atoms with Crippen molar-refractivity contribution in [1.29, 1.82) is 0 Å². The first kappa shape index (κ1) is 18.2. The second-order valence-corrected chi connectivity index (χ2v) is 6.96. The molecular formula is C19H28N6O. The monoisotopic (exact) mass is 356 g/mol. The number of hydrogen-bond donors (Lipinski definition) is 3. The third kappa shape index (κ3) is 4.53. The Labute approximate surface area is 154 Å². The number of aryl methyl sites for hydroxylation is 1. The van der Waals surface area contributed by atoms with Gasteiger partial charge in [-0.1, -0.05) is 26.0 Å². The molecule has 1 aliphatic heterocycles. The van der Waals surface area contributed by atoms with Gasteiger partial charge in [0.05, 0.1) is 13.1 Å². The molecule has 0 aliphatic carbocycles. The summed E-state index contributed by atoms with van der Waals surface area (Å²) in [5, 5.41) is 20.8. The van der Waals surface area contributed by atoms with E-state index < -0.39 is 0 Å². The van der Waals surface area contributed by atoms with Crippen LogP contribution in [0, 0.1) is 0 Å². The van der Waals surface area contributed by atoms with Crippen molar-refractivity contribution < 1.29 is 5.11 Å². The molecule has 0 spiro atoms. The largest absolute Gasteiger partial charge is 0.508 e. The Hall–Kier alpha value is -2.57. The molecule has 26 heavy (non-hydrogen) atoms. The first-order valence-corrected chi connectivity index (χ1v) is 9.31. The number of phenolic OH excluding ortho intramolecular Hbond substituents is 1. The average Bonchev–Trinajstić information content (AvgIpc) is 3.05. The average molecular weight is 356 g/mol. The number of nitrogens with zero attached hydrogens (tertiary/aromatic N) is 4. The summed E-state index contributed by atoms with van der Waals surface area (Å²) in [5.74, 6) is 3.43. The van der Waals surface area contributed by atoms with E-state index in [0.29, 0.717) is 12.5 Å². The first-order chi connectivity index (χ1) is 12.5. The van der Waals surface area contributed by atoms with Gasteiger partial charge in [-0.05, 0) is 31.0 Å². The summed E-state index contributed by atoms with van der Waals surface area (Å²) in [5.41, 5.74) is 1.06. The second kappa shape index (κ2) is 8.21. The van der Waals surface area contributed by atoms with E-state index in [2.05, 4.69) is 46.5 Å². The van der Waals surface area contributed by atoms with Crippen molar-refractivity contribution >= 4 is 5.96 Å². The summed E-state index contributed by atoms with van der Waals surface area (Å²) in [4.78, 5) is 9.31. The van der Waals surface area contributed by atoms with Gasteiger partial charge in [-0.2, -0.15) is 5.10 Å². The summed E-state index contributed by atoms with van der Waals surface area (Å²) in [7, 11) is 0. The van der Waals surface area contributed by atoms with Crippen molar-refractivity contribution in [3.8, 4) is 5.75 Å². The predicted octanol–water partition coefficient (Wildman–Crippen LogP) is 2.18. The van der Waals surface area contributed by atoms with Crippen molar-refractivity contribution in [2.24, 2.45) is 4.99 Å². The molecule has 2 heterocycles. The van der Waals surface area contributed by atoms with E-state index in [0.717, 1.165) is 49.1 Å². The van der Waals surface area contributed by atoms with E-state index in [-0.39, 0.29) is 11.8 Å². The van der Waals surface area contributed by atoms with E-state index >= 15 is 0 Å². The van der Waals surface area contributed by atoms with Crippen LogP contribution in [0.5, 0.6) is 5.75 Å². The van der Waals surface area contributed by atoms with Gasteiger partial charge >= 0.3 is 0 Å².